The maximum atomic E-state index is 14.7. The minimum atomic E-state index is -3.63. The van der Waals surface area contributed by atoms with Crippen molar-refractivity contribution in [3.05, 3.63) is 58.4 Å². The Labute approximate surface area is 177 Å². The van der Waals surface area contributed by atoms with Gasteiger partial charge < -0.3 is 5.73 Å². The zero-order valence-corrected chi connectivity index (χ0v) is 17.6. The van der Waals surface area contributed by atoms with Crippen LogP contribution in [0.3, 0.4) is 0 Å². The number of amidine groups is 1. The van der Waals surface area contributed by atoms with Crippen molar-refractivity contribution in [3.63, 3.8) is 0 Å². The maximum absolute atomic E-state index is 14.7. The lowest BCUT2D eigenvalue weighted by atomic mass is 9.82. The van der Waals surface area contributed by atoms with Crippen molar-refractivity contribution >= 4 is 39.2 Å². The Kier molecular flexibility index (Phi) is 4.93. The first-order valence-electron chi connectivity index (χ1n) is 9.30. The van der Waals surface area contributed by atoms with Crippen molar-refractivity contribution in [1.82, 2.24) is 9.97 Å². The van der Waals surface area contributed by atoms with Crippen LogP contribution in [0, 0.1) is 5.82 Å². The van der Waals surface area contributed by atoms with E-state index in [0.29, 0.717) is 18.4 Å². The Bertz CT molecular complexity index is 1180. The van der Waals surface area contributed by atoms with Gasteiger partial charge in [-0.25, -0.2) is 27.2 Å². The molecular formula is C20H19ClF2N4O2S. The molecule has 1 unspecified atom stereocenters. The number of hydrogen-bond acceptors (Lipinski definition) is 6. The van der Waals surface area contributed by atoms with Gasteiger partial charge in [-0.3, -0.25) is 4.99 Å². The fourth-order valence-corrected chi connectivity index (χ4v) is 6.58. The van der Waals surface area contributed by atoms with Crippen LogP contribution in [0.15, 0.2) is 35.6 Å². The molecule has 1 aromatic carbocycles. The topological polar surface area (TPSA) is 98.3 Å². The molecule has 1 aliphatic heterocycles. The molecule has 158 valence electrons. The molecule has 2 N–H and O–H groups in total. The number of aromatic nitrogens is 2. The quantitative estimate of drug-likeness (QED) is 0.766. The Morgan fingerprint density at radius 2 is 2.00 bits per heavy atom. The fourth-order valence-electron chi connectivity index (χ4n) is 3.97. The van der Waals surface area contributed by atoms with Gasteiger partial charge in [0, 0.05) is 5.56 Å². The third-order valence-electron chi connectivity index (χ3n) is 5.79. The highest BCUT2D eigenvalue weighted by atomic mass is 35.5. The molecule has 1 atom stereocenters. The van der Waals surface area contributed by atoms with E-state index in [9.17, 15) is 17.2 Å². The van der Waals surface area contributed by atoms with E-state index in [2.05, 4.69) is 15.0 Å². The van der Waals surface area contributed by atoms with Crippen molar-refractivity contribution in [2.75, 3.05) is 5.75 Å². The van der Waals surface area contributed by atoms with Crippen LogP contribution in [0.1, 0.15) is 43.0 Å². The molecule has 2 aromatic rings. The van der Waals surface area contributed by atoms with Gasteiger partial charge in [-0.15, -0.1) is 0 Å². The van der Waals surface area contributed by atoms with Crippen LogP contribution in [0.25, 0.3) is 11.9 Å². The summed E-state index contributed by atoms with van der Waals surface area (Å²) >= 11 is 5.66. The van der Waals surface area contributed by atoms with Gasteiger partial charge in [0.15, 0.2) is 15.7 Å². The average Bonchev–Trinajstić information content (AvgIpc) is 2.61. The van der Waals surface area contributed by atoms with Gasteiger partial charge in [0.1, 0.15) is 32.8 Å². The van der Waals surface area contributed by atoms with Crippen LogP contribution in [0.2, 0.25) is 5.15 Å². The van der Waals surface area contributed by atoms with E-state index in [1.807, 2.05) is 0 Å². The molecule has 1 saturated carbocycles. The first-order chi connectivity index (χ1) is 14.1. The highest BCUT2D eigenvalue weighted by Gasteiger charge is 2.58. The summed E-state index contributed by atoms with van der Waals surface area (Å²) in [5, 5.41) is 0.127. The van der Waals surface area contributed by atoms with Gasteiger partial charge in [-0.1, -0.05) is 17.7 Å². The van der Waals surface area contributed by atoms with Crippen LogP contribution < -0.4 is 5.73 Å². The number of hydrogen-bond donors (Lipinski definition) is 1. The van der Waals surface area contributed by atoms with E-state index in [1.54, 1.807) is 0 Å². The van der Waals surface area contributed by atoms with Crippen molar-refractivity contribution in [3.8, 4) is 0 Å². The minimum absolute atomic E-state index is 0.0189. The van der Waals surface area contributed by atoms with E-state index in [0.717, 1.165) is 18.6 Å². The van der Waals surface area contributed by atoms with Crippen LogP contribution in [-0.4, -0.2) is 34.7 Å². The van der Waals surface area contributed by atoms with E-state index < -0.39 is 31.8 Å². The second kappa shape index (κ2) is 7.09. The third kappa shape index (κ3) is 3.30. The fraction of sp³-hybridized carbons (Fsp3) is 0.350. The van der Waals surface area contributed by atoms with Gasteiger partial charge in [-0.2, -0.15) is 0 Å². The van der Waals surface area contributed by atoms with Crippen LogP contribution in [0.4, 0.5) is 8.78 Å². The summed E-state index contributed by atoms with van der Waals surface area (Å²) in [6.07, 6.45) is 5.16. The number of rotatable bonds is 3. The summed E-state index contributed by atoms with van der Waals surface area (Å²) in [6, 6.07) is 3.91. The molecule has 1 aliphatic carbocycles. The van der Waals surface area contributed by atoms with Crippen molar-refractivity contribution in [2.45, 2.75) is 36.5 Å². The zero-order valence-electron chi connectivity index (χ0n) is 16.1. The Balaban J connectivity index is 1.75. The van der Waals surface area contributed by atoms with Crippen molar-refractivity contribution < 1.29 is 17.2 Å². The number of halogens is 3. The lowest BCUT2D eigenvalue weighted by Crippen LogP contribution is -2.61. The standard InChI is InChI=1S/C20H19ClF2N4O2S/c1-19(11-30(28,29)20(5-2-6-20)18(24)27-19)13-7-12(3-4-14(13)22)8-15(23)16-9-26-17(21)10-25-16/h3-4,7-10H,2,5-6,11H2,1H3,(H2,24,27). The Morgan fingerprint density at radius 3 is 2.57 bits per heavy atom. The SMILES string of the molecule is CC1(c2cc(C=C(F)c3cnc(Cl)cn3)ccc2F)CS(=O)(=O)C2(CCC2)C(N)=N1. The molecule has 1 spiro atoms. The summed E-state index contributed by atoms with van der Waals surface area (Å²) in [7, 11) is -3.63. The number of benzene rings is 1. The van der Waals surface area contributed by atoms with Crippen LogP contribution in [0.5, 0.6) is 0 Å². The number of sulfone groups is 1. The molecule has 0 bridgehead atoms. The molecule has 1 fully saturated rings. The average molecular weight is 453 g/mol. The normalized spacial score (nSPS) is 24.9. The summed E-state index contributed by atoms with van der Waals surface area (Å²) in [6.45, 7) is 1.52. The number of aliphatic imine (C=N–C) groups is 1. The highest BCUT2D eigenvalue weighted by molar-refractivity contribution is 7.93. The Morgan fingerprint density at radius 1 is 1.27 bits per heavy atom. The first-order valence-corrected chi connectivity index (χ1v) is 11.3. The molecule has 0 radical (unpaired) electrons. The Hall–Kier alpha value is -2.39. The monoisotopic (exact) mass is 452 g/mol. The molecule has 0 amide bonds. The summed E-state index contributed by atoms with van der Waals surface area (Å²) < 4.78 is 54.1. The number of nitrogens with two attached hydrogens (primary N) is 1. The van der Waals surface area contributed by atoms with Crippen LogP contribution >= 0.6 is 11.6 Å². The maximum Gasteiger partial charge on any atom is 0.165 e. The molecule has 0 saturated heterocycles. The molecule has 1 aromatic heterocycles. The lowest BCUT2D eigenvalue weighted by Gasteiger charge is -2.46. The number of nitrogens with zero attached hydrogens (tertiary/aromatic N) is 3. The lowest BCUT2D eigenvalue weighted by molar-refractivity contribution is 0.388. The third-order valence-corrected chi connectivity index (χ3v) is 8.74. The predicted molar refractivity (Wildman–Crippen MR) is 112 cm³/mol. The zero-order chi connectivity index (χ0) is 21.7. The van der Waals surface area contributed by atoms with Gasteiger partial charge >= 0.3 is 0 Å². The van der Waals surface area contributed by atoms with Crippen molar-refractivity contribution in [1.29, 1.82) is 0 Å². The van der Waals surface area contributed by atoms with Gasteiger partial charge in [0.25, 0.3) is 0 Å². The molecular weight excluding hydrogens is 434 g/mol. The minimum Gasteiger partial charge on any atom is -0.386 e. The molecule has 30 heavy (non-hydrogen) atoms. The second-order valence-electron chi connectivity index (χ2n) is 7.83. The van der Waals surface area contributed by atoms with E-state index in [4.69, 9.17) is 17.3 Å². The molecule has 2 heterocycles. The molecule has 10 heteroatoms. The molecule has 2 aliphatic rings. The largest absolute Gasteiger partial charge is 0.386 e. The van der Waals surface area contributed by atoms with E-state index >= 15 is 0 Å². The smallest absolute Gasteiger partial charge is 0.165 e. The highest BCUT2D eigenvalue weighted by Crippen LogP contribution is 2.47. The van der Waals surface area contributed by atoms with Gasteiger partial charge in [0.2, 0.25) is 0 Å². The van der Waals surface area contributed by atoms with Gasteiger partial charge in [-0.05, 0) is 50.0 Å². The molecule has 4 rings (SSSR count). The van der Waals surface area contributed by atoms with Crippen LogP contribution in [-0.2, 0) is 15.4 Å². The van der Waals surface area contributed by atoms with E-state index in [1.165, 1.54) is 31.5 Å². The predicted octanol–water partition coefficient (Wildman–Crippen LogP) is 3.66. The second-order valence-corrected chi connectivity index (χ2v) is 10.5. The first kappa shape index (κ1) is 20.9. The van der Waals surface area contributed by atoms with E-state index in [-0.39, 0.29) is 28.0 Å². The molecule has 6 nitrogen and oxygen atoms in total. The summed E-state index contributed by atoms with van der Waals surface area (Å²) in [5.41, 5.74) is 4.98. The summed E-state index contributed by atoms with van der Waals surface area (Å²) in [5.74, 6) is -1.69. The van der Waals surface area contributed by atoms with Gasteiger partial charge in [0.05, 0.1) is 18.1 Å². The van der Waals surface area contributed by atoms with Crippen molar-refractivity contribution in [2.24, 2.45) is 10.7 Å². The summed E-state index contributed by atoms with van der Waals surface area (Å²) in [4.78, 5) is 12.1.